The average molecular weight is 216 g/mol. The summed E-state index contributed by atoms with van der Waals surface area (Å²) in [4.78, 5) is 25.1. The standard InChI is InChI=1S/C13H14NO2/c1-13(2,3)8-14-11(15)9-6-4-5-7-10(9)12(14)16/h4-8H,1-3H3. The average Bonchev–Trinajstić information content (AvgIpc) is 2.43. The van der Waals surface area contributed by atoms with Crippen molar-refractivity contribution in [2.24, 2.45) is 5.41 Å². The molecule has 1 aliphatic heterocycles. The number of imide groups is 1. The van der Waals surface area contributed by atoms with Crippen LogP contribution in [0.15, 0.2) is 24.3 Å². The lowest BCUT2D eigenvalue weighted by molar-refractivity contribution is 0.0663. The van der Waals surface area contributed by atoms with Crippen molar-refractivity contribution < 1.29 is 9.59 Å². The maximum absolute atomic E-state index is 12.0. The topological polar surface area (TPSA) is 37.4 Å². The quantitative estimate of drug-likeness (QED) is 0.676. The van der Waals surface area contributed by atoms with E-state index in [2.05, 4.69) is 0 Å². The molecular formula is C13H14NO2. The van der Waals surface area contributed by atoms with Gasteiger partial charge in [-0.15, -0.1) is 0 Å². The van der Waals surface area contributed by atoms with Crippen LogP contribution in [0.1, 0.15) is 41.5 Å². The van der Waals surface area contributed by atoms with Gasteiger partial charge in [-0.25, -0.2) is 0 Å². The molecule has 1 aromatic rings. The maximum Gasteiger partial charge on any atom is 0.261 e. The first kappa shape index (κ1) is 10.9. The monoisotopic (exact) mass is 216 g/mol. The fourth-order valence-corrected chi connectivity index (χ4v) is 1.71. The smallest absolute Gasteiger partial charge is 0.261 e. The van der Waals surface area contributed by atoms with E-state index in [9.17, 15) is 9.59 Å². The summed E-state index contributed by atoms with van der Waals surface area (Å²) >= 11 is 0. The van der Waals surface area contributed by atoms with Crippen molar-refractivity contribution >= 4 is 11.8 Å². The molecule has 0 fully saturated rings. The van der Waals surface area contributed by atoms with Gasteiger partial charge in [0.15, 0.2) is 0 Å². The predicted octanol–water partition coefficient (Wildman–Crippen LogP) is 2.49. The molecule has 0 aromatic heterocycles. The van der Waals surface area contributed by atoms with Crippen molar-refractivity contribution in [3.05, 3.63) is 41.9 Å². The third-order valence-corrected chi connectivity index (χ3v) is 2.34. The van der Waals surface area contributed by atoms with Crippen LogP contribution in [0.3, 0.4) is 0 Å². The Hall–Kier alpha value is -1.64. The highest BCUT2D eigenvalue weighted by Gasteiger charge is 2.37. The second-order valence-corrected chi connectivity index (χ2v) is 5.02. The first-order chi connectivity index (χ1) is 7.40. The van der Waals surface area contributed by atoms with Gasteiger partial charge in [-0.2, -0.15) is 0 Å². The molecule has 3 heteroatoms. The predicted molar refractivity (Wildman–Crippen MR) is 60.7 cm³/mol. The molecule has 16 heavy (non-hydrogen) atoms. The van der Waals surface area contributed by atoms with Gasteiger partial charge in [-0.05, 0) is 17.5 Å². The number of hydrogen-bond donors (Lipinski definition) is 0. The summed E-state index contributed by atoms with van der Waals surface area (Å²) in [5, 5.41) is 0. The Bertz CT molecular complexity index is 422. The van der Waals surface area contributed by atoms with Gasteiger partial charge in [0.1, 0.15) is 0 Å². The first-order valence-corrected chi connectivity index (χ1v) is 5.23. The Morgan fingerprint density at radius 2 is 1.44 bits per heavy atom. The highest BCUT2D eigenvalue weighted by atomic mass is 16.2. The van der Waals surface area contributed by atoms with Crippen LogP contribution in [0.25, 0.3) is 0 Å². The number of carbonyl (C=O) groups excluding carboxylic acids is 2. The van der Waals surface area contributed by atoms with Gasteiger partial charge in [0, 0.05) is 0 Å². The number of benzene rings is 1. The largest absolute Gasteiger partial charge is 0.269 e. The van der Waals surface area contributed by atoms with Crippen molar-refractivity contribution in [2.75, 3.05) is 0 Å². The van der Waals surface area contributed by atoms with Crippen LogP contribution < -0.4 is 0 Å². The van der Waals surface area contributed by atoms with Crippen LogP contribution in [0, 0.1) is 12.0 Å². The molecule has 0 saturated heterocycles. The van der Waals surface area contributed by atoms with Crippen LogP contribution in [-0.2, 0) is 0 Å². The van der Waals surface area contributed by atoms with Gasteiger partial charge in [0.25, 0.3) is 11.8 Å². The Kier molecular flexibility index (Phi) is 2.34. The highest BCUT2D eigenvalue weighted by Crippen LogP contribution is 2.29. The molecule has 1 heterocycles. The summed E-state index contributed by atoms with van der Waals surface area (Å²) in [5.74, 6) is -0.453. The van der Waals surface area contributed by atoms with Crippen LogP contribution in [0.2, 0.25) is 0 Å². The van der Waals surface area contributed by atoms with Crippen molar-refractivity contribution in [3.63, 3.8) is 0 Å². The molecule has 2 rings (SSSR count). The van der Waals surface area contributed by atoms with Gasteiger partial charge in [0.2, 0.25) is 0 Å². The zero-order valence-electron chi connectivity index (χ0n) is 9.65. The van der Waals surface area contributed by atoms with Gasteiger partial charge < -0.3 is 0 Å². The van der Waals surface area contributed by atoms with Crippen molar-refractivity contribution in [3.8, 4) is 0 Å². The number of fused-ring (bicyclic) bond motifs is 1. The Labute approximate surface area is 95.1 Å². The molecule has 0 aliphatic carbocycles. The van der Waals surface area contributed by atoms with Gasteiger partial charge >= 0.3 is 0 Å². The Balaban J connectivity index is 2.36. The normalized spacial score (nSPS) is 15.6. The Morgan fingerprint density at radius 1 is 1.00 bits per heavy atom. The summed E-state index contributed by atoms with van der Waals surface area (Å²) in [7, 11) is 0. The molecule has 1 radical (unpaired) electrons. The molecule has 3 nitrogen and oxygen atoms in total. The lowest BCUT2D eigenvalue weighted by atomic mass is 9.96. The second-order valence-electron chi connectivity index (χ2n) is 5.02. The van der Waals surface area contributed by atoms with E-state index >= 15 is 0 Å². The summed E-state index contributed by atoms with van der Waals surface area (Å²) in [5.41, 5.74) is 0.786. The van der Waals surface area contributed by atoms with Gasteiger partial charge in [-0.1, -0.05) is 32.9 Å². The number of carbonyl (C=O) groups is 2. The molecule has 0 spiro atoms. The van der Waals surface area contributed by atoms with Crippen molar-refractivity contribution in [2.45, 2.75) is 20.8 Å². The number of hydrogen-bond acceptors (Lipinski definition) is 2. The second kappa shape index (κ2) is 3.44. The van der Waals surface area contributed by atoms with E-state index in [-0.39, 0.29) is 17.2 Å². The molecule has 0 bridgehead atoms. The van der Waals surface area contributed by atoms with E-state index in [4.69, 9.17) is 0 Å². The molecule has 0 saturated carbocycles. The van der Waals surface area contributed by atoms with Crippen molar-refractivity contribution in [1.29, 1.82) is 0 Å². The van der Waals surface area contributed by atoms with E-state index in [0.29, 0.717) is 11.1 Å². The van der Waals surface area contributed by atoms with E-state index in [1.54, 1.807) is 30.8 Å². The minimum absolute atomic E-state index is 0.201. The lowest BCUT2D eigenvalue weighted by Gasteiger charge is -2.23. The minimum Gasteiger partial charge on any atom is -0.269 e. The molecular weight excluding hydrogens is 202 g/mol. The summed E-state index contributed by atoms with van der Waals surface area (Å²) in [6.07, 6.45) is 0. The van der Waals surface area contributed by atoms with Gasteiger partial charge in [-0.3, -0.25) is 14.5 Å². The number of nitrogens with zero attached hydrogens (tertiary/aromatic N) is 1. The Morgan fingerprint density at radius 3 is 1.81 bits per heavy atom. The van der Waals surface area contributed by atoms with E-state index in [1.807, 2.05) is 20.8 Å². The van der Waals surface area contributed by atoms with Crippen LogP contribution in [0.5, 0.6) is 0 Å². The third kappa shape index (κ3) is 1.73. The number of amides is 2. The number of rotatable bonds is 1. The molecule has 1 aliphatic rings. The molecule has 0 unspecified atom stereocenters. The molecule has 0 atom stereocenters. The fraction of sp³-hybridized carbons (Fsp3) is 0.308. The van der Waals surface area contributed by atoms with E-state index < -0.39 is 0 Å². The lowest BCUT2D eigenvalue weighted by Crippen LogP contribution is -2.32. The third-order valence-electron chi connectivity index (χ3n) is 2.34. The zero-order chi connectivity index (χ0) is 11.9. The fourth-order valence-electron chi connectivity index (χ4n) is 1.71. The molecule has 2 amide bonds. The molecule has 0 N–H and O–H groups in total. The minimum atomic E-state index is -0.226. The maximum atomic E-state index is 12.0. The SMILES string of the molecule is CC(C)(C)[CH]N1C(=O)c2ccccc2C1=O. The van der Waals surface area contributed by atoms with Crippen LogP contribution >= 0.6 is 0 Å². The highest BCUT2D eigenvalue weighted by molar-refractivity contribution is 6.21. The summed E-state index contributed by atoms with van der Waals surface area (Å²) in [6.45, 7) is 7.54. The van der Waals surface area contributed by atoms with Crippen molar-refractivity contribution in [1.82, 2.24) is 4.90 Å². The zero-order valence-corrected chi connectivity index (χ0v) is 9.65. The summed E-state index contributed by atoms with van der Waals surface area (Å²) in [6, 6.07) is 6.91. The first-order valence-electron chi connectivity index (χ1n) is 5.23. The van der Waals surface area contributed by atoms with Crippen LogP contribution in [0.4, 0.5) is 0 Å². The summed E-state index contributed by atoms with van der Waals surface area (Å²) < 4.78 is 0. The van der Waals surface area contributed by atoms with Crippen LogP contribution in [-0.4, -0.2) is 16.7 Å². The molecule has 83 valence electrons. The molecule has 1 aromatic carbocycles. The van der Waals surface area contributed by atoms with Gasteiger partial charge in [0.05, 0.1) is 17.7 Å². The van der Waals surface area contributed by atoms with E-state index in [1.165, 1.54) is 4.90 Å². The van der Waals surface area contributed by atoms with E-state index in [0.717, 1.165) is 0 Å².